The Morgan fingerprint density at radius 2 is 1.38 bits per heavy atom. The van der Waals surface area contributed by atoms with Crippen LogP contribution in [-0.2, 0) is 0 Å². The first-order valence-electron chi connectivity index (χ1n) is 3.81. The second-order valence-electron chi connectivity index (χ2n) is 3.31. The molecule has 0 amide bonds. The van der Waals surface area contributed by atoms with Gasteiger partial charge in [-0.25, -0.2) is 18.9 Å². The summed E-state index contributed by atoms with van der Waals surface area (Å²) < 4.78 is 3.26. The molecule has 0 aliphatic rings. The first kappa shape index (κ1) is 12.7. The summed E-state index contributed by atoms with van der Waals surface area (Å²) in [5, 5.41) is 0. The van der Waals surface area contributed by atoms with Crippen molar-refractivity contribution in [3.63, 3.8) is 0 Å². The number of rotatable bonds is 3. The third-order valence-electron chi connectivity index (χ3n) is 1.29. The highest BCUT2D eigenvalue weighted by atomic mass is 31.2. The monoisotopic (exact) mass is 208 g/mol. The molecule has 5 nitrogen and oxygen atoms in total. The van der Waals surface area contributed by atoms with Gasteiger partial charge in [0.1, 0.15) is 28.2 Å². The van der Waals surface area contributed by atoms with Crippen molar-refractivity contribution in [2.45, 2.75) is 5.66 Å². The van der Waals surface area contributed by atoms with E-state index in [-0.39, 0.29) is 0 Å². The van der Waals surface area contributed by atoms with E-state index in [1.165, 1.54) is 12.4 Å². The summed E-state index contributed by atoms with van der Waals surface area (Å²) in [6, 6.07) is 0. The van der Waals surface area contributed by atoms with E-state index in [4.69, 9.17) is 9.79 Å². The summed E-state index contributed by atoms with van der Waals surface area (Å²) >= 11 is 0. The first-order valence-corrected chi connectivity index (χ1v) is 5.49. The fourth-order valence-corrected chi connectivity index (χ4v) is 1.70. The van der Waals surface area contributed by atoms with Crippen LogP contribution in [0.3, 0.4) is 0 Å². The van der Waals surface area contributed by atoms with Crippen LogP contribution in [-0.4, -0.2) is 65.2 Å². The molecule has 0 saturated carbocycles. The number of hydrogen-bond donors (Lipinski definition) is 2. The van der Waals surface area contributed by atoms with Gasteiger partial charge in [0.25, 0.3) is 13.6 Å². The first-order chi connectivity index (χ1) is 5.73. The van der Waals surface area contributed by atoms with E-state index >= 15 is 0 Å². The lowest BCUT2D eigenvalue weighted by atomic mass is 10.5. The Labute approximate surface area is 78.9 Å². The van der Waals surface area contributed by atoms with Crippen LogP contribution in [0.2, 0.25) is 0 Å². The smallest absolute Gasteiger partial charge is 0.268 e. The van der Waals surface area contributed by atoms with Crippen molar-refractivity contribution in [1.82, 2.24) is 0 Å². The highest BCUT2D eigenvalue weighted by Crippen LogP contribution is 2.43. The molecule has 0 unspecified atom stereocenters. The highest BCUT2D eigenvalue weighted by molar-refractivity contribution is 7.59. The van der Waals surface area contributed by atoms with Gasteiger partial charge in [-0.1, -0.05) is 0 Å². The molecule has 0 spiro atoms. The Balaban J connectivity index is 4.79. The van der Waals surface area contributed by atoms with Gasteiger partial charge in [-0.15, -0.1) is 0 Å². The van der Waals surface area contributed by atoms with Gasteiger partial charge in [-0.3, -0.25) is 0 Å². The van der Waals surface area contributed by atoms with Gasteiger partial charge >= 0.3 is 0 Å². The maximum Gasteiger partial charge on any atom is 0.268 e. The Morgan fingerprint density at radius 3 is 1.54 bits per heavy atom. The van der Waals surface area contributed by atoms with Crippen LogP contribution < -0.4 is 4.89 Å². The Hall–Kier alpha value is -0.350. The lowest BCUT2D eigenvalue weighted by Gasteiger charge is -2.16. The predicted octanol–water partition coefficient (Wildman–Crippen LogP) is -1.85. The lowest BCUT2D eigenvalue weighted by Crippen LogP contribution is -2.30. The van der Waals surface area contributed by atoms with Crippen molar-refractivity contribution in [3.05, 3.63) is 0 Å². The summed E-state index contributed by atoms with van der Waals surface area (Å²) in [5.74, 6) is 0. The van der Waals surface area contributed by atoms with Gasteiger partial charge < -0.3 is 4.89 Å². The third-order valence-corrected chi connectivity index (χ3v) is 2.33. The molecule has 76 valence electrons. The molecule has 0 aliphatic heterocycles. The van der Waals surface area contributed by atoms with Crippen LogP contribution in [0.25, 0.3) is 0 Å². The van der Waals surface area contributed by atoms with E-state index in [0.717, 1.165) is 0 Å². The Morgan fingerprint density at radius 1 is 1.08 bits per heavy atom. The van der Waals surface area contributed by atoms with Gasteiger partial charge in [0.2, 0.25) is 0 Å². The molecule has 0 rings (SSSR count). The van der Waals surface area contributed by atoms with Gasteiger partial charge in [-0.05, 0) is 0 Å². The SMILES string of the molecule is C[N+](C)=CC(C=[N+](C)C)[P+]([O-])(O)O. The fourth-order valence-electron chi connectivity index (χ4n) is 0.823. The molecule has 0 saturated heterocycles. The number of nitrogens with zero attached hydrogens (tertiary/aromatic N) is 2. The predicted molar refractivity (Wildman–Crippen MR) is 51.5 cm³/mol. The standard InChI is InChI=1S/C7H15N2O3P/c1-8(2)5-7(6-9(3)4)13(10,11)12/h5-7H,1-4H3/p+2. The van der Waals surface area contributed by atoms with Crippen molar-refractivity contribution in [2.24, 2.45) is 0 Å². The van der Waals surface area contributed by atoms with Crippen LogP contribution in [0.4, 0.5) is 0 Å². The van der Waals surface area contributed by atoms with Crippen LogP contribution in [0.15, 0.2) is 0 Å². The topological polar surface area (TPSA) is 69.5 Å². The highest BCUT2D eigenvalue weighted by Gasteiger charge is 2.36. The average molecular weight is 208 g/mol. The van der Waals surface area contributed by atoms with E-state index in [1.807, 2.05) is 0 Å². The lowest BCUT2D eigenvalue weighted by molar-refractivity contribution is -0.465. The molecule has 0 fully saturated rings. The summed E-state index contributed by atoms with van der Waals surface area (Å²) in [7, 11) is 2.84. The summed E-state index contributed by atoms with van der Waals surface area (Å²) in [5.41, 5.74) is -0.850. The van der Waals surface area contributed by atoms with E-state index in [2.05, 4.69) is 0 Å². The zero-order valence-corrected chi connectivity index (χ0v) is 9.27. The minimum absolute atomic E-state index is 0.850. The zero-order chi connectivity index (χ0) is 10.6. The van der Waals surface area contributed by atoms with Crippen molar-refractivity contribution < 1.29 is 23.8 Å². The Kier molecular flexibility index (Phi) is 4.64. The normalized spacial score (nSPS) is 11.4. The van der Waals surface area contributed by atoms with Crippen molar-refractivity contribution >= 4 is 20.4 Å². The molecule has 0 aromatic heterocycles. The molecule has 6 heteroatoms. The van der Waals surface area contributed by atoms with Crippen molar-refractivity contribution in [1.29, 1.82) is 0 Å². The minimum atomic E-state index is -4.08. The maximum atomic E-state index is 11.0. The quantitative estimate of drug-likeness (QED) is 0.325. The fraction of sp³-hybridized carbons (Fsp3) is 0.714. The summed E-state index contributed by atoms with van der Waals surface area (Å²) in [4.78, 5) is 28.9. The Bertz CT molecular complexity index is 206. The molecule has 0 aliphatic carbocycles. The van der Waals surface area contributed by atoms with Gasteiger partial charge in [0, 0.05) is 0 Å². The molecular weight excluding hydrogens is 191 g/mol. The maximum absolute atomic E-state index is 11.0. The van der Waals surface area contributed by atoms with Gasteiger partial charge in [-0.2, -0.15) is 0 Å². The third kappa shape index (κ3) is 5.82. The van der Waals surface area contributed by atoms with Gasteiger partial charge in [0.15, 0.2) is 12.4 Å². The van der Waals surface area contributed by atoms with Crippen LogP contribution in [0.1, 0.15) is 0 Å². The van der Waals surface area contributed by atoms with E-state index in [9.17, 15) is 4.89 Å². The number of hydrogen-bond acceptors (Lipinski definition) is 3. The minimum Gasteiger partial charge on any atom is -0.631 e. The molecule has 0 bridgehead atoms. The zero-order valence-electron chi connectivity index (χ0n) is 8.38. The van der Waals surface area contributed by atoms with Crippen LogP contribution >= 0.6 is 7.94 Å². The second kappa shape index (κ2) is 4.77. The molecule has 2 N–H and O–H groups in total. The molecule has 0 aromatic rings. The van der Waals surface area contributed by atoms with Gasteiger partial charge in [0.05, 0.1) is 0 Å². The van der Waals surface area contributed by atoms with Crippen LogP contribution in [0, 0.1) is 0 Å². The molecule has 0 atom stereocenters. The van der Waals surface area contributed by atoms with Crippen molar-refractivity contribution in [3.8, 4) is 0 Å². The van der Waals surface area contributed by atoms with E-state index in [0.29, 0.717) is 0 Å². The van der Waals surface area contributed by atoms with Crippen LogP contribution in [0.5, 0.6) is 0 Å². The largest absolute Gasteiger partial charge is 0.631 e. The molecule has 13 heavy (non-hydrogen) atoms. The molecule has 0 radical (unpaired) electrons. The molecule has 0 aromatic carbocycles. The summed E-state index contributed by atoms with van der Waals surface area (Å²) in [6.07, 6.45) is 2.97. The van der Waals surface area contributed by atoms with Crippen molar-refractivity contribution in [2.75, 3.05) is 28.2 Å². The molecular formula is C7H17N2O3P+2. The van der Waals surface area contributed by atoms with E-state index < -0.39 is 13.6 Å². The molecule has 0 heterocycles. The average Bonchev–Trinajstić information content (AvgIpc) is 1.81. The summed E-state index contributed by atoms with van der Waals surface area (Å²) in [6.45, 7) is 0. The van der Waals surface area contributed by atoms with E-state index in [1.54, 1.807) is 37.3 Å². The second-order valence-corrected chi connectivity index (χ2v) is 5.08.